The van der Waals surface area contributed by atoms with Gasteiger partial charge in [-0.15, -0.1) is 0 Å². The van der Waals surface area contributed by atoms with Crippen LogP contribution in [0.15, 0.2) is 18.2 Å². The van der Waals surface area contributed by atoms with Gasteiger partial charge in [-0.1, -0.05) is 18.2 Å². The third kappa shape index (κ3) is 5.53. The van der Waals surface area contributed by atoms with E-state index in [0.29, 0.717) is 26.1 Å². The van der Waals surface area contributed by atoms with Gasteiger partial charge in [0.1, 0.15) is 0 Å². The lowest BCUT2D eigenvalue weighted by atomic mass is 9.96. The van der Waals surface area contributed by atoms with Crippen LogP contribution in [0.25, 0.3) is 0 Å². The number of benzene rings is 1. The number of aliphatic hydroxyl groups is 2. The van der Waals surface area contributed by atoms with E-state index >= 15 is 0 Å². The summed E-state index contributed by atoms with van der Waals surface area (Å²) in [4.78, 5) is 16.5. The van der Waals surface area contributed by atoms with Crippen LogP contribution in [0.2, 0.25) is 0 Å². The maximum absolute atomic E-state index is 12.6. The third-order valence-electron chi connectivity index (χ3n) is 5.39. The molecule has 5 nitrogen and oxygen atoms in total. The van der Waals surface area contributed by atoms with Gasteiger partial charge in [0.25, 0.3) is 0 Å². The Balaban J connectivity index is 1.87. The van der Waals surface area contributed by atoms with Gasteiger partial charge in [0, 0.05) is 45.1 Å². The van der Waals surface area contributed by atoms with Crippen molar-refractivity contribution in [2.24, 2.45) is 11.8 Å². The molecule has 2 atom stereocenters. The van der Waals surface area contributed by atoms with Crippen molar-refractivity contribution in [3.8, 4) is 0 Å². The van der Waals surface area contributed by atoms with Gasteiger partial charge in [-0.05, 0) is 49.9 Å². The molecule has 0 bridgehead atoms. The van der Waals surface area contributed by atoms with E-state index in [1.807, 2.05) is 11.9 Å². The second-order valence-electron chi connectivity index (χ2n) is 7.41. The quantitative estimate of drug-likeness (QED) is 0.742. The monoisotopic (exact) mass is 348 g/mol. The van der Waals surface area contributed by atoms with Crippen molar-refractivity contribution in [3.63, 3.8) is 0 Å². The number of likely N-dealkylation sites (N-methyl/N-ethyl adjacent to an activating group) is 1. The molecular formula is C20H32N2O3. The second kappa shape index (κ2) is 9.32. The number of carbonyl (C=O) groups excluding carboxylic acids is 1. The number of carbonyl (C=O) groups is 1. The summed E-state index contributed by atoms with van der Waals surface area (Å²) in [5, 5.41) is 18.7. The third-order valence-corrected chi connectivity index (χ3v) is 5.39. The second-order valence-corrected chi connectivity index (χ2v) is 7.41. The SMILES string of the molecule is Cc1ccc(CCC(=O)N2C[C@@H](CN(C)CCO)[C@@H](CO)C2)cc1C. The first-order valence-corrected chi connectivity index (χ1v) is 9.18. The minimum absolute atomic E-state index is 0.110. The lowest BCUT2D eigenvalue weighted by Crippen LogP contribution is -2.33. The van der Waals surface area contributed by atoms with Gasteiger partial charge in [0.05, 0.1) is 6.61 Å². The number of aliphatic hydroxyl groups excluding tert-OH is 2. The van der Waals surface area contributed by atoms with E-state index in [9.17, 15) is 9.90 Å². The van der Waals surface area contributed by atoms with Crippen LogP contribution in [0.5, 0.6) is 0 Å². The zero-order chi connectivity index (χ0) is 18.4. The van der Waals surface area contributed by atoms with Gasteiger partial charge in [-0.3, -0.25) is 4.79 Å². The molecule has 0 unspecified atom stereocenters. The van der Waals surface area contributed by atoms with E-state index in [2.05, 4.69) is 36.9 Å². The van der Waals surface area contributed by atoms with Crippen molar-refractivity contribution in [3.05, 3.63) is 34.9 Å². The molecule has 0 saturated carbocycles. The highest BCUT2D eigenvalue weighted by atomic mass is 16.3. The summed E-state index contributed by atoms with van der Waals surface area (Å²) in [7, 11) is 1.97. The van der Waals surface area contributed by atoms with Crippen LogP contribution in [0, 0.1) is 25.7 Å². The van der Waals surface area contributed by atoms with Crippen LogP contribution < -0.4 is 0 Å². The molecule has 0 aromatic heterocycles. The van der Waals surface area contributed by atoms with Crippen molar-refractivity contribution in [1.82, 2.24) is 9.80 Å². The normalized spacial score (nSPS) is 20.5. The van der Waals surface area contributed by atoms with Crippen LogP contribution in [-0.4, -0.2) is 72.4 Å². The Labute approximate surface area is 151 Å². The largest absolute Gasteiger partial charge is 0.396 e. The Morgan fingerprint density at radius 3 is 2.56 bits per heavy atom. The van der Waals surface area contributed by atoms with Gasteiger partial charge in [0.15, 0.2) is 0 Å². The Kier molecular flexibility index (Phi) is 7.41. The van der Waals surface area contributed by atoms with E-state index in [0.717, 1.165) is 13.0 Å². The lowest BCUT2D eigenvalue weighted by Gasteiger charge is -2.23. The van der Waals surface area contributed by atoms with E-state index in [1.54, 1.807) is 0 Å². The smallest absolute Gasteiger partial charge is 0.222 e. The molecule has 1 aliphatic heterocycles. The minimum Gasteiger partial charge on any atom is -0.396 e. The average Bonchev–Trinajstić information content (AvgIpc) is 2.98. The molecule has 25 heavy (non-hydrogen) atoms. The number of hydrogen-bond donors (Lipinski definition) is 2. The standard InChI is InChI=1S/C20H32N2O3/c1-15-4-5-17(10-16(15)2)6-7-20(25)22-12-18(19(13-22)14-24)11-21(3)8-9-23/h4-5,10,18-19,23-24H,6-9,11-14H2,1-3H3/t18-,19-/m1/s1. The Hall–Kier alpha value is -1.43. The molecule has 2 N–H and O–H groups in total. The minimum atomic E-state index is 0.110. The average molecular weight is 348 g/mol. The first kappa shape index (κ1) is 19.9. The van der Waals surface area contributed by atoms with E-state index in [1.165, 1.54) is 16.7 Å². The molecule has 140 valence electrons. The molecule has 1 aromatic carbocycles. The zero-order valence-corrected chi connectivity index (χ0v) is 15.7. The number of rotatable bonds is 8. The topological polar surface area (TPSA) is 64.0 Å². The van der Waals surface area contributed by atoms with Crippen LogP contribution in [0.1, 0.15) is 23.1 Å². The van der Waals surface area contributed by atoms with Gasteiger partial charge in [-0.25, -0.2) is 0 Å². The fourth-order valence-electron chi connectivity index (χ4n) is 3.59. The number of nitrogens with zero attached hydrogens (tertiary/aromatic N) is 2. The summed E-state index contributed by atoms with van der Waals surface area (Å²) in [6, 6.07) is 6.37. The van der Waals surface area contributed by atoms with Crippen molar-refractivity contribution in [2.45, 2.75) is 26.7 Å². The Morgan fingerprint density at radius 1 is 1.20 bits per heavy atom. The summed E-state index contributed by atoms with van der Waals surface area (Å²) in [6.45, 7) is 7.19. The van der Waals surface area contributed by atoms with Crippen LogP contribution in [0.3, 0.4) is 0 Å². The molecular weight excluding hydrogens is 316 g/mol. The fraction of sp³-hybridized carbons (Fsp3) is 0.650. The summed E-state index contributed by atoms with van der Waals surface area (Å²) in [6.07, 6.45) is 1.27. The molecule has 1 fully saturated rings. The van der Waals surface area contributed by atoms with Crippen LogP contribution in [-0.2, 0) is 11.2 Å². The summed E-state index contributed by atoms with van der Waals surface area (Å²) < 4.78 is 0. The molecule has 1 amide bonds. The lowest BCUT2D eigenvalue weighted by molar-refractivity contribution is -0.130. The first-order chi connectivity index (χ1) is 11.9. The predicted molar refractivity (Wildman–Crippen MR) is 99.5 cm³/mol. The molecule has 0 aliphatic carbocycles. The first-order valence-electron chi connectivity index (χ1n) is 9.18. The number of hydrogen-bond acceptors (Lipinski definition) is 4. The zero-order valence-electron chi connectivity index (χ0n) is 15.7. The van der Waals surface area contributed by atoms with Gasteiger partial charge >= 0.3 is 0 Å². The van der Waals surface area contributed by atoms with E-state index in [4.69, 9.17) is 5.11 Å². The molecule has 1 aromatic rings. The van der Waals surface area contributed by atoms with E-state index in [-0.39, 0.29) is 31.0 Å². The highest BCUT2D eigenvalue weighted by molar-refractivity contribution is 5.76. The Bertz CT molecular complexity index is 576. The summed E-state index contributed by atoms with van der Waals surface area (Å²) in [5.41, 5.74) is 3.74. The molecule has 0 radical (unpaired) electrons. The van der Waals surface area contributed by atoms with Gasteiger partial charge in [0.2, 0.25) is 5.91 Å². The fourth-order valence-corrected chi connectivity index (χ4v) is 3.59. The highest BCUT2D eigenvalue weighted by Gasteiger charge is 2.34. The number of amides is 1. The molecule has 5 heteroatoms. The summed E-state index contributed by atoms with van der Waals surface area (Å²) >= 11 is 0. The number of likely N-dealkylation sites (tertiary alicyclic amines) is 1. The molecule has 1 saturated heterocycles. The molecule has 1 aliphatic rings. The molecule has 1 heterocycles. The van der Waals surface area contributed by atoms with Crippen molar-refractivity contribution in [1.29, 1.82) is 0 Å². The predicted octanol–water partition coefficient (Wildman–Crippen LogP) is 1.23. The van der Waals surface area contributed by atoms with Crippen LogP contribution >= 0.6 is 0 Å². The number of aryl methyl sites for hydroxylation is 3. The maximum Gasteiger partial charge on any atom is 0.222 e. The summed E-state index contributed by atoms with van der Waals surface area (Å²) in [5.74, 6) is 0.572. The van der Waals surface area contributed by atoms with Crippen molar-refractivity contribution >= 4 is 5.91 Å². The van der Waals surface area contributed by atoms with Crippen LogP contribution in [0.4, 0.5) is 0 Å². The van der Waals surface area contributed by atoms with E-state index < -0.39 is 0 Å². The van der Waals surface area contributed by atoms with Gasteiger partial charge < -0.3 is 20.0 Å². The Morgan fingerprint density at radius 2 is 1.92 bits per heavy atom. The van der Waals surface area contributed by atoms with Gasteiger partial charge in [-0.2, -0.15) is 0 Å². The highest BCUT2D eigenvalue weighted by Crippen LogP contribution is 2.25. The van der Waals surface area contributed by atoms with Crippen molar-refractivity contribution < 1.29 is 15.0 Å². The maximum atomic E-state index is 12.6. The van der Waals surface area contributed by atoms with Crippen molar-refractivity contribution in [2.75, 3.05) is 46.4 Å². The molecule has 0 spiro atoms. The molecule has 2 rings (SSSR count).